The smallest absolute Gasteiger partial charge is 0.360 e. The lowest BCUT2D eigenvalue weighted by Crippen LogP contribution is -2.04. The molecule has 0 amide bonds. The van der Waals surface area contributed by atoms with Crippen molar-refractivity contribution in [1.29, 1.82) is 0 Å². The summed E-state index contributed by atoms with van der Waals surface area (Å²) >= 11 is 6.02. The molecule has 3 aromatic heterocycles. The molecule has 1 N–H and O–H groups in total. The number of esters is 1. The maximum Gasteiger partial charge on any atom is 0.360 e. The van der Waals surface area contributed by atoms with Crippen molar-refractivity contribution in [2.75, 3.05) is 12.4 Å². The molecule has 0 atom stereocenters. The van der Waals surface area contributed by atoms with Gasteiger partial charge in [-0.2, -0.15) is 10.1 Å². The molecule has 0 saturated heterocycles. The predicted molar refractivity (Wildman–Crippen MR) is 89.6 cm³/mol. The highest BCUT2D eigenvalue weighted by molar-refractivity contribution is 6.29. The first kappa shape index (κ1) is 16.1. The molecule has 124 valence electrons. The highest BCUT2D eigenvalue weighted by Gasteiger charge is 2.23. The van der Waals surface area contributed by atoms with E-state index in [1.807, 2.05) is 26.0 Å². The fourth-order valence-corrected chi connectivity index (χ4v) is 2.50. The van der Waals surface area contributed by atoms with E-state index in [0.717, 1.165) is 5.56 Å². The molecular formula is C15H15ClN6O2. The van der Waals surface area contributed by atoms with Crippen molar-refractivity contribution in [1.82, 2.24) is 24.7 Å². The van der Waals surface area contributed by atoms with Crippen molar-refractivity contribution < 1.29 is 9.53 Å². The third-order valence-corrected chi connectivity index (χ3v) is 3.57. The number of fused-ring (bicyclic) bond motifs is 1. The van der Waals surface area contributed by atoms with Crippen LogP contribution in [0.5, 0.6) is 0 Å². The van der Waals surface area contributed by atoms with Crippen molar-refractivity contribution in [2.24, 2.45) is 0 Å². The molecule has 3 heterocycles. The van der Waals surface area contributed by atoms with Gasteiger partial charge in [-0.1, -0.05) is 0 Å². The van der Waals surface area contributed by atoms with E-state index < -0.39 is 5.97 Å². The topological polar surface area (TPSA) is 94.8 Å². The largest absolute Gasteiger partial charge is 0.464 e. The maximum atomic E-state index is 11.9. The van der Waals surface area contributed by atoms with Crippen LogP contribution in [-0.2, 0) is 11.3 Å². The number of hydrogen-bond acceptors (Lipinski definition) is 7. The molecule has 0 aliphatic heterocycles. The molecule has 0 aliphatic rings. The molecule has 0 unspecified atom stereocenters. The van der Waals surface area contributed by atoms with Crippen LogP contribution in [0.1, 0.15) is 23.0 Å². The predicted octanol–water partition coefficient (Wildman–Crippen LogP) is 2.73. The van der Waals surface area contributed by atoms with Crippen LogP contribution in [0.15, 0.2) is 18.3 Å². The van der Waals surface area contributed by atoms with E-state index in [0.29, 0.717) is 29.2 Å². The number of carbonyl (C=O) groups is 1. The van der Waals surface area contributed by atoms with Gasteiger partial charge < -0.3 is 10.1 Å². The quantitative estimate of drug-likeness (QED) is 0.573. The van der Waals surface area contributed by atoms with E-state index in [9.17, 15) is 4.79 Å². The number of methoxy groups -OCH3 is 1. The molecule has 0 saturated carbocycles. The van der Waals surface area contributed by atoms with Crippen LogP contribution < -0.4 is 5.32 Å². The zero-order chi connectivity index (χ0) is 17.3. The van der Waals surface area contributed by atoms with Crippen molar-refractivity contribution in [2.45, 2.75) is 20.4 Å². The molecule has 24 heavy (non-hydrogen) atoms. The molecule has 0 aliphatic carbocycles. The Morgan fingerprint density at radius 1 is 1.42 bits per heavy atom. The van der Waals surface area contributed by atoms with E-state index in [1.54, 1.807) is 10.9 Å². The Morgan fingerprint density at radius 2 is 2.21 bits per heavy atom. The summed E-state index contributed by atoms with van der Waals surface area (Å²) in [6.07, 6.45) is 1.69. The number of hydrogen-bond donors (Lipinski definition) is 1. The fraction of sp³-hybridized carbons (Fsp3) is 0.267. The Bertz CT molecular complexity index is 924. The number of nitrogens with one attached hydrogen (secondary N) is 1. The van der Waals surface area contributed by atoms with Crippen LogP contribution in [0.25, 0.3) is 11.0 Å². The van der Waals surface area contributed by atoms with E-state index in [1.165, 1.54) is 7.11 Å². The van der Waals surface area contributed by atoms with Crippen LogP contribution in [0.3, 0.4) is 0 Å². The van der Waals surface area contributed by atoms with Crippen molar-refractivity contribution in [3.8, 4) is 0 Å². The lowest BCUT2D eigenvalue weighted by Gasteiger charge is -2.08. The Hall–Kier alpha value is -2.74. The number of halogens is 1. The van der Waals surface area contributed by atoms with Gasteiger partial charge in [-0.3, -0.25) is 4.68 Å². The first-order valence-corrected chi connectivity index (χ1v) is 7.63. The first-order chi connectivity index (χ1) is 11.5. The van der Waals surface area contributed by atoms with E-state index in [-0.39, 0.29) is 11.0 Å². The normalized spacial score (nSPS) is 10.8. The number of nitrogens with zero attached hydrogens (tertiary/aromatic N) is 5. The SMILES string of the molecule is CCn1nc(C(=O)OC)c2nc(Cl)nc(Nc3cc(C)ccn3)c21. The summed E-state index contributed by atoms with van der Waals surface area (Å²) in [6, 6.07) is 3.76. The van der Waals surface area contributed by atoms with Crippen molar-refractivity contribution in [3.63, 3.8) is 0 Å². The number of rotatable bonds is 4. The van der Waals surface area contributed by atoms with E-state index >= 15 is 0 Å². The summed E-state index contributed by atoms with van der Waals surface area (Å²) in [5.41, 5.74) is 2.03. The van der Waals surface area contributed by atoms with Crippen LogP contribution in [0, 0.1) is 6.92 Å². The Morgan fingerprint density at radius 3 is 2.88 bits per heavy atom. The van der Waals surface area contributed by atoms with Crippen LogP contribution in [0.2, 0.25) is 5.28 Å². The second-order valence-electron chi connectivity index (χ2n) is 5.04. The zero-order valence-corrected chi connectivity index (χ0v) is 14.1. The summed E-state index contributed by atoms with van der Waals surface area (Å²) < 4.78 is 6.39. The second kappa shape index (κ2) is 6.40. The number of aromatic nitrogens is 5. The molecule has 0 bridgehead atoms. The summed E-state index contributed by atoms with van der Waals surface area (Å²) in [4.78, 5) is 24.6. The summed E-state index contributed by atoms with van der Waals surface area (Å²) in [5, 5.41) is 7.37. The lowest BCUT2D eigenvalue weighted by molar-refractivity contribution is 0.0595. The summed E-state index contributed by atoms with van der Waals surface area (Å²) in [7, 11) is 1.29. The number of carbonyl (C=O) groups excluding carboxylic acids is 1. The Balaban J connectivity index is 2.20. The van der Waals surface area contributed by atoms with Crippen LogP contribution >= 0.6 is 11.6 Å². The monoisotopic (exact) mass is 346 g/mol. The molecule has 0 radical (unpaired) electrons. The minimum Gasteiger partial charge on any atom is -0.464 e. The molecule has 0 fully saturated rings. The lowest BCUT2D eigenvalue weighted by atomic mass is 10.3. The average molecular weight is 347 g/mol. The van der Waals surface area contributed by atoms with Crippen LogP contribution in [0.4, 0.5) is 11.6 Å². The van der Waals surface area contributed by atoms with Gasteiger partial charge in [0.2, 0.25) is 5.28 Å². The number of aryl methyl sites for hydroxylation is 2. The van der Waals surface area contributed by atoms with E-state index in [4.69, 9.17) is 16.3 Å². The molecule has 0 spiro atoms. The summed E-state index contributed by atoms with van der Waals surface area (Å²) in [5.74, 6) is 0.448. The number of ether oxygens (including phenoxy) is 1. The highest BCUT2D eigenvalue weighted by Crippen LogP contribution is 2.27. The van der Waals surface area contributed by atoms with Crippen molar-refractivity contribution in [3.05, 3.63) is 34.9 Å². The number of pyridine rings is 1. The molecule has 0 aromatic carbocycles. The maximum absolute atomic E-state index is 11.9. The second-order valence-corrected chi connectivity index (χ2v) is 5.38. The average Bonchev–Trinajstić information content (AvgIpc) is 2.92. The third-order valence-electron chi connectivity index (χ3n) is 3.40. The van der Waals surface area contributed by atoms with Crippen molar-refractivity contribution >= 4 is 40.2 Å². The molecule has 3 aromatic rings. The van der Waals surface area contributed by atoms with Gasteiger partial charge in [0, 0.05) is 12.7 Å². The standard InChI is InChI=1S/C15H15ClN6O2/c1-4-22-12-10(11(21-22)14(23)24-3)19-15(16)20-13(12)18-9-7-8(2)5-6-17-9/h5-7H,4H2,1-3H3,(H,17,18,19,20). The van der Waals surface area contributed by atoms with E-state index in [2.05, 4.69) is 25.4 Å². The van der Waals surface area contributed by atoms with Gasteiger partial charge in [0.1, 0.15) is 16.9 Å². The van der Waals surface area contributed by atoms with Gasteiger partial charge in [-0.15, -0.1) is 0 Å². The van der Waals surface area contributed by atoms with Gasteiger partial charge in [-0.05, 0) is 43.1 Å². The molecular weight excluding hydrogens is 332 g/mol. The minimum atomic E-state index is -0.582. The summed E-state index contributed by atoms with van der Waals surface area (Å²) in [6.45, 7) is 4.38. The zero-order valence-electron chi connectivity index (χ0n) is 13.4. The van der Waals surface area contributed by atoms with Gasteiger partial charge in [0.05, 0.1) is 7.11 Å². The highest BCUT2D eigenvalue weighted by atomic mass is 35.5. The third kappa shape index (κ3) is 2.88. The van der Waals surface area contributed by atoms with Gasteiger partial charge in [-0.25, -0.2) is 14.8 Å². The van der Waals surface area contributed by atoms with Crippen LogP contribution in [-0.4, -0.2) is 37.8 Å². The molecule has 3 rings (SSSR count). The van der Waals surface area contributed by atoms with Gasteiger partial charge in [0.15, 0.2) is 11.5 Å². The Kier molecular flexibility index (Phi) is 4.30. The molecule has 8 nitrogen and oxygen atoms in total. The first-order valence-electron chi connectivity index (χ1n) is 7.25. The fourth-order valence-electron chi connectivity index (χ4n) is 2.33. The number of anilines is 2. The Labute approximate surface area is 142 Å². The minimum absolute atomic E-state index is 0.00143. The molecule has 9 heteroatoms. The van der Waals surface area contributed by atoms with Gasteiger partial charge >= 0.3 is 5.97 Å². The van der Waals surface area contributed by atoms with Gasteiger partial charge in [0.25, 0.3) is 0 Å².